The van der Waals surface area contributed by atoms with Gasteiger partial charge in [0.05, 0.1) is 0 Å². The highest BCUT2D eigenvalue weighted by molar-refractivity contribution is 6.74. The van der Waals surface area contributed by atoms with Crippen molar-refractivity contribution in [2.75, 3.05) is 0 Å². The van der Waals surface area contributed by atoms with Gasteiger partial charge in [0, 0.05) is 6.42 Å². The number of carbonyl (C=O) groups is 2. The van der Waals surface area contributed by atoms with Crippen molar-refractivity contribution in [1.82, 2.24) is 0 Å². The van der Waals surface area contributed by atoms with Crippen LogP contribution in [0.5, 0.6) is 0 Å². The average molecular weight is 246 g/mol. The minimum atomic E-state index is -1.99. The van der Waals surface area contributed by atoms with Gasteiger partial charge in [0.15, 0.2) is 8.32 Å². The summed E-state index contributed by atoms with van der Waals surface area (Å²) in [6.45, 7) is 10.3. The number of carboxylic acid groups (broad SMARTS) is 1. The maximum absolute atomic E-state index is 10.8. The van der Waals surface area contributed by atoms with Crippen LogP contribution in [-0.2, 0) is 14.0 Å². The van der Waals surface area contributed by atoms with Gasteiger partial charge in [-0.3, -0.25) is 4.79 Å². The van der Waals surface area contributed by atoms with Gasteiger partial charge in [-0.15, -0.1) is 0 Å². The fourth-order valence-corrected chi connectivity index (χ4v) is 2.26. The fraction of sp³-hybridized carbons (Fsp3) is 0.818. The van der Waals surface area contributed by atoms with E-state index in [4.69, 9.17) is 9.53 Å². The van der Waals surface area contributed by atoms with Crippen LogP contribution >= 0.6 is 0 Å². The summed E-state index contributed by atoms with van der Waals surface area (Å²) in [6, 6.07) is 0. The van der Waals surface area contributed by atoms with Crippen LogP contribution in [0.3, 0.4) is 0 Å². The van der Waals surface area contributed by atoms with Crippen molar-refractivity contribution in [2.45, 2.75) is 57.8 Å². The molecule has 0 spiro atoms. The van der Waals surface area contributed by atoms with E-state index in [0.717, 1.165) is 0 Å². The van der Waals surface area contributed by atoms with Crippen LogP contribution in [0, 0.1) is 0 Å². The Morgan fingerprint density at radius 1 is 1.44 bits per heavy atom. The first-order chi connectivity index (χ1) is 7.10. The second kappa shape index (κ2) is 5.59. The lowest BCUT2D eigenvalue weighted by Gasteiger charge is -2.37. The maximum Gasteiger partial charge on any atom is 0.303 e. The van der Waals surface area contributed by atoms with E-state index >= 15 is 0 Å². The third kappa shape index (κ3) is 4.89. The minimum absolute atomic E-state index is 0.0253. The Morgan fingerprint density at radius 3 is 2.25 bits per heavy atom. The van der Waals surface area contributed by atoms with Crippen LogP contribution < -0.4 is 0 Å². The molecule has 0 bridgehead atoms. The van der Waals surface area contributed by atoms with E-state index in [9.17, 15) is 9.59 Å². The van der Waals surface area contributed by atoms with Crippen molar-refractivity contribution >= 4 is 20.6 Å². The molecule has 5 heteroatoms. The molecule has 94 valence electrons. The number of hydrogen-bond donors (Lipinski definition) is 1. The molecule has 0 aromatic carbocycles. The maximum atomic E-state index is 10.8. The van der Waals surface area contributed by atoms with Gasteiger partial charge in [0.1, 0.15) is 12.4 Å². The molecule has 0 radical (unpaired) electrons. The van der Waals surface area contributed by atoms with Gasteiger partial charge < -0.3 is 14.3 Å². The molecule has 0 fully saturated rings. The van der Waals surface area contributed by atoms with Crippen LogP contribution in [0.25, 0.3) is 0 Å². The third-order valence-electron chi connectivity index (χ3n) is 3.05. The van der Waals surface area contributed by atoms with E-state index in [-0.39, 0.29) is 17.9 Å². The van der Waals surface area contributed by atoms with Crippen molar-refractivity contribution in [3.63, 3.8) is 0 Å². The summed E-state index contributed by atoms with van der Waals surface area (Å²) < 4.78 is 5.81. The summed E-state index contributed by atoms with van der Waals surface area (Å²) in [6.07, 6.45) is 0.351. The van der Waals surface area contributed by atoms with Crippen molar-refractivity contribution in [3.05, 3.63) is 0 Å². The van der Waals surface area contributed by atoms with Gasteiger partial charge >= 0.3 is 5.97 Å². The second-order valence-electron chi connectivity index (χ2n) is 5.49. The number of carboxylic acids is 1. The first kappa shape index (κ1) is 15.3. The standard InChI is InChI=1S/C11H22O4Si/c1-11(2,3)16(4,5)15-9(8-12)6-7-10(13)14/h8-9H,6-7H2,1-5H3,(H,13,14)/t9-/m1/s1. The molecule has 1 N–H and O–H groups in total. The van der Waals surface area contributed by atoms with Crippen LogP contribution in [0.15, 0.2) is 0 Å². The number of carbonyl (C=O) groups excluding carboxylic acids is 1. The molecule has 0 aromatic heterocycles. The topological polar surface area (TPSA) is 63.6 Å². The first-order valence-electron chi connectivity index (χ1n) is 5.45. The summed E-state index contributed by atoms with van der Waals surface area (Å²) in [5, 5.41) is 8.58. The van der Waals surface area contributed by atoms with Gasteiger partial charge in [-0.25, -0.2) is 0 Å². The van der Waals surface area contributed by atoms with Gasteiger partial charge in [-0.1, -0.05) is 20.8 Å². The zero-order valence-corrected chi connectivity index (χ0v) is 11.7. The lowest BCUT2D eigenvalue weighted by molar-refractivity contribution is -0.137. The highest BCUT2D eigenvalue weighted by Gasteiger charge is 2.39. The van der Waals surface area contributed by atoms with Gasteiger partial charge in [0.2, 0.25) is 0 Å². The molecule has 0 unspecified atom stereocenters. The lowest BCUT2D eigenvalue weighted by atomic mass is 10.2. The molecule has 0 heterocycles. The molecule has 0 aliphatic rings. The summed E-state index contributed by atoms with van der Waals surface area (Å²) >= 11 is 0. The summed E-state index contributed by atoms with van der Waals surface area (Å²) in [5.41, 5.74) is 0. The Balaban J connectivity index is 4.42. The predicted octanol–water partition coefficient (Wildman–Crippen LogP) is 2.44. The van der Waals surface area contributed by atoms with E-state index < -0.39 is 20.4 Å². The molecule has 0 rings (SSSR count). The third-order valence-corrected chi connectivity index (χ3v) is 7.55. The zero-order valence-electron chi connectivity index (χ0n) is 10.7. The van der Waals surface area contributed by atoms with E-state index in [2.05, 4.69) is 20.8 Å². The van der Waals surface area contributed by atoms with E-state index in [0.29, 0.717) is 6.29 Å². The molecular formula is C11H22O4Si. The summed E-state index contributed by atoms with van der Waals surface area (Å²) in [7, 11) is -1.99. The highest BCUT2D eigenvalue weighted by Crippen LogP contribution is 2.37. The van der Waals surface area contributed by atoms with Gasteiger partial charge in [-0.05, 0) is 24.6 Å². The van der Waals surface area contributed by atoms with Crippen molar-refractivity contribution < 1.29 is 19.1 Å². The lowest BCUT2D eigenvalue weighted by Crippen LogP contribution is -2.44. The molecule has 0 saturated carbocycles. The first-order valence-corrected chi connectivity index (χ1v) is 8.36. The number of hydrogen-bond acceptors (Lipinski definition) is 3. The van der Waals surface area contributed by atoms with Crippen LogP contribution in [0.2, 0.25) is 18.1 Å². The Hall–Kier alpha value is -0.683. The summed E-state index contributed by atoms with van der Waals surface area (Å²) in [4.78, 5) is 21.2. The monoisotopic (exact) mass is 246 g/mol. The second-order valence-corrected chi connectivity index (χ2v) is 10.2. The SMILES string of the molecule is CC(C)(C)[Si](C)(C)O[C@@H](C=O)CCC(=O)O. The highest BCUT2D eigenvalue weighted by atomic mass is 28.4. The Kier molecular flexibility index (Phi) is 5.35. The predicted molar refractivity (Wildman–Crippen MR) is 65.0 cm³/mol. The molecule has 0 aromatic rings. The Labute approximate surface area is 98.1 Å². The average Bonchev–Trinajstić information content (AvgIpc) is 2.09. The van der Waals surface area contributed by atoms with Crippen LogP contribution in [0.4, 0.5) is 0 Å². The van der Waals surface area contributed by atoms with Crippen molar-refractivity contribution in [3.8, 4) is 0 Å². The molecule has 0 aliphatic carbocycles. The van der Waals surface area contributed by atoms with Crippen LogP contribution in [0.1, 0.15) is 33.6 Å². The normalized spacial score (nSPS) is 14.6. The fourth-order valence-electron chi connectivity index (χ4n) is 0.976. The number of rotatable bonds is 6. The number of aliphatic carboxylic acids is 1. The van der Waals surface area contributed by atoms with Crippen molar-refractivity contribution in [1.29, 1.82) is 0 Å². The molecular weight excluding hydrogens is 224 g/mol. The molecule has 1 atom stereocenters. The molecule has 16 heavy (non-hydrogen) atoms. The quantitative estimate of drug-likeness (QED) is 0.577. The van der Waals surface area contributed by atoms with Crippen LogP contribution in [-0.4, -0.2) is 31.8 Å². The van der Waals surface area contributed by atoms with E-state index in [1.54, 1.807) is 0 Å². The Morgan fingerprint density at radius 2 is 1.94 bits per heavy atom. The van der Waals surface area contributed by atoms with E-state index in [1.165, 1.54) is 0 Å². The summed E-state index contributed by atoms with van der Waals surface area (Å²) in [5.74, 6) is -0.898. The largest absolute Gasteiger partial charge is 0.481 e. The smallest absolute Gasteiger partial charge is 0.303 e. The molecule has 0 amide bonds. The van der Waals surface area contributed by atoms with Gasteiger partial charge in [-0.2, -0.15) is 0 Å². The Bertz CT molecular complexity index is 255. The van der Waals surface area contributed by atoms with Gasteiger partial charge in [0.25, 0.3) is 0 Å². The molecule has 4 nitrogen and oxygen atoms in total. The molecule has 0 aliphatic heterocycles. The minimum Gasteiger partial charge on any atom is -0.481 e. The van der Waals surface area contributed by atoms with E-state index in [1.807, 2.05) is 13.1 Å². The number of aldehydes is 1. The molecule has 0 saturated heterocycles. The van der Waals surface area contributed by atoms with Crippen molar-refractivity contribution in [2.24, 2.45) is 0 Å². The zero-order chi connectivity index (χ0) is 13.0.